The molecule has 19 heavy (non-hydrogen) atoms. The molecule has 2 heterocycles. The van der Waals surface area contributed by atoms with Crippen molar-refractivity contribution in [3.63, 3.8) is 0 Å². The zero-order chi connectivity index (χ0) is 13.2. The van der Waals surface area contributed by atoms with Gasteiger partial charge < -0.3 is 20.1 Å². The molecule has 0 spiro atoms. The number of nitrogens with two attached hydrogens (primary N) is 1. The molecule has 2 aliphatic heterocycles. The first-order valence-electron chi connectivity index (χ1n) is 6.62. The van der Waals surface area contributed by atoms with Gasteiger partial charge in [0.15, 0.2) is 6.10 Å². The predicted molar refractivity (Wildman–Crippen MR) is 70.9 cm³/mol. The summed E-state index contributed by atoms with van der Waals surface area (Å²) in [5, 5.41) is 0. The van der Waals surface area contributed by atoms with E-state index in [4.69, 9.17) is 15.2 Å². The molecule has 5 nitrogen and oxygen atoms in total. The standard InChI is InChI=1S/C14H18N2O3/c15-11-5-6-16(12-4-2-1-3-10(11)12)14(17)13-9-18-7-8-19-13/h1-4,11,13H,5-9,15H2. The molecular weight excluding hydrogens is 244 g/mol. The van der Waals surface area contributed by atoms with Crippen LogP contribution >= 0.6 is 0 Å². The summed E-state index contributed by atoms with van der Waals surface area (Å²) >= 11 is 0. The summed E-state index contributed by atoms with van der Waals surface area (Å²) < 4.78 is 10.8. The SMILES string of the molecule is NC1CCN(C(=O)C2COCCO2)c2ccccc21. The first-order chi connectivity index (χ1) is 9.27. The fourth-order valence-electron chi connectivity index (χ4n) is 2.62. The van der Waals surface area contributed by atoms with E-state index in [-0.39, 0.29) is 11.9 Å². The number of carbonyl (C=O) groups excluding carboxylic acids is 1. The van der Waals surface area contributed by atoms with Crippen LogP contribution in [0.1, 0.15) is 18.0 Å². The molecule has 0 radical (unpaired) electrons. The fraction of sp³-hybridized carbons (Fsp3) is 0.500. The minimum Gasteiger partial charge on any atom is -0.376 e. The Balaban J connectivity index is 1.85. The highest BCUT2D eigenvalue weighted by atomic mass is 16.6. The Labute approximate surface area is 112 Å². The number of nitrogens with zero attached hydrogens (tertiary/aromatic N) is 1. The fourth-order valence-corrected chi connectivity index (χ4v) is 2.62. The second-order valence-electron chi connectivity index (χ2n) is 4.88. The zero-order valence-electron chi connectivity index (χ0n) is 10.7. The van der Waals surface area contributed by atoms with Crippen LogP contribution in [0.2, 0.25) is 0 Å². The van der Waals surface area contributed by atoms with E-state index >= 15 is 0 Å². The maximum absolute atomic E-state index is 12.5. The minimum absolute atomic E-state index is 0.00349. The molecule has 2 unspecified atom stereocenters. The van der Waals surface area contributed by atoms with Crippen LogP contribution in [0, 0.1) is 0 Å². The molecule has 3 rings (SSSR count). The quantitative estimate of drug-likeness (QED) is 0.814. The minimum atomic E-state index is -0.490. The first kappa shape index (κ1) is 12.6. The number of benzene rings is 1. The van der Waals surface area contributed by atoms with E-state index in [1.54, 1.807) is 4.90 Å². The highest BCUT2D eigenvalue weighted by molar-refractivity contribution is 5.97. The Kier molecular flexibility index (Phi) is 3.50. The van der Waals surface area contributed by atoms with Gasteiger partial charge in [-0.05, 0) is 18.1 Å². The van der Waals surface area contributed by atoms with Crippen LogP contribution in [0.4, 0.5) is 5.69 Å². The number of hydrogen-bond acceptors (Lipinski definition) is 4. The van der Waals surface area contributed by atoms with Crippen molar-refractivity contribution in [3.05, 3.63) is 29.8 Å². The van der Waals surface area contributed by atoms with Gasteiger partial charge >= 0.3 is 0 Å². The van der Waals surface area contributed by atoms with Gasteiger partial charge in [0.2, 0.25) is 0 Å². The summed E-state index contributed by atoms with van der Waals surface area (Å²) in [6.45, 7) is 2.01. The predicted octanol–water partition coefficient (Wildman–Crippen LogP) is 0.838. The van der Waals surface area contributed by atoms with Gasteiger partial charge in [-0.15, -0.1) is 0 Å². The molecule has 5 heteroatoms. The van der Waals surface area contributed by atoms with Crippen molar-refractivity contribution in [3.8, 4) is 0 Å². The molecule has 0 aromatic heterocycles. The Morgan fingerprint density at radius 2 is 2.16 bits per heavy atom. The largest absolute Gasteiger partial charge is 0.376 e. The van der Waals surface area contributed by atoms with Crippen LogP contribution in [-0.2, 0) is 14.3 Å². The summed E-state index contributed by atoms with van der Waals surface area (Å²) in [5.41, 5.74) is 8.02. The van der Waals surface area contributed by atoms with Crippen LogP contribution in [0.5, 0.6) is 0 Å². The summed E-state index contributed by atoms with van der Waals surface area (Å²) in [4.78, 5) is 14.3. The molecule has 1 aromatic carbocycles. The first-order valence-corrected chi connectivity index (χ1v) is 6.62. The van der Waals surface area contributed by atoms with Crippen molar-refractivity contribution in [2.75, 3.05) is 31.3 Å². The third kappa shape index (κ3) is 2.36. The van der Waals surface area contributed by atoms with Gasteiger partial charge in [-0.3, -0.25) is 4.79 Å². The third-order valence-corrected chi connectivity index (χ3v) is 3.65. The number of amides is 1. The van der Waals surface area contributed by atoms with Gasteiger partial charge in [0.25, 0.3) is 5.91 Å². The molecular formula is C14H18N2O3. The lowest BCUT2D eigenvalue weighted by atomic mass is 9.97. The molecule has 0 bridgehead atoms. The van der Waals surface area contributed by atoms with Gasteiger partial charge in [-0.1, -0.05) is 18.2 Å². The summed E-state index contributed by atoms with van der Waals surface area (Å²) in [6, 6.07) is 7.80. The molecule has 1 saturated heterocycles. The number of hydrogen-bond donors (Lipinski definition) is 1. The molecule has 2 aliphatic rings. The Morgan fingerprint density at radius 1 is 1.32 bits per heavy atom. The van der Waals surface area contributed by atoms with Gasteiger partial charge in [0.05, 0.1) is 19.8 Å². The van der Waals surface area contributed by atoms with Crippen molar-refractivity contribution >= 4 is 11.6 Å². The number of para-hydroxylation sites is 1. The molecule has 2 N–H and O–H groups in total. The van der Waals surface area contributed by atoms with E-state index in [9.17, 15) is 4.79 Å². The van der Waals surface area contributed by atoms with Crippen molar-refractivity contribution in [1.29, 1.82) is 0 Å². The van der Waals surface area contributed by atoms with Crippen molar-refractivity contribution in [1.82, 2.24) is 0 Å². The number of ether oxygens (including phenoxy) is 2. The summed E-state index contributed by atoms with van der Waals surface area (Å²) in [7, 11) is 0. The number of fused-ring (bicyclic) bond motifs is 1. The van der Waals surface area contributed by atoms with Crippen molar-refractivity contribution < 1.29 is 14.3 Å². The number of rotatable bonds is 1. The number of anilines is 1. The molecule has 1 amide bonds. The maximum Gasteiger partial charge on any atom is 0.258 e. The lowest BCUT2D eigenvalue weighted by Gasteiger charge is -2.35. The second-order valence-corrected chi connectivity index (χ2v) is 4.88. The van der Waals surface area contributed by atoms with Gasteiger partial charge in [0.1, 0.15) is 0 Å². The van der Waals surface area contributed by atoms with E-state index in [0.29, 0.717) is 26.4 Å². The molecule has 0 saturated carbocycles. The molecule has 2 atom stereocenters. The normalized spacial score (nSPS) is 26.9. The summed E-state index contributed by atoms with van der Waals surface area (Å²) in [5.74, 6) is -0.0287. The van der Waals surface area contributed by atoms with Crippen molar-refractivity contribution in [2.24, 2.45) is 5.73 Å². The lowest BCUT2D eigenvalue weighted by molar-refractivity contribution is -0.144. The Hall–Kier alpha value is -1.43. The molecule has 102 valence electrons. The highest BCUT2D eigenvalue weighted by Crippen LogP contribution is 2.32. The summed E-state index contributed by atoms with van der Waals surface area (Å²) in [6.07, 6.45) is 0.284. The average Bonchev–Trinajstić information content (AvgIpc) is 2.48. The Bertz CT molecular complexity index is 472. The Morgan fingerprint density at radius 3 is 2.95 bits per heavy atom. The van der Waals surface area contributed by atoms with E-state index in [1.165, 1.54) is 0 Å². The van der Waals surface area contributed by atoms with Gasteiger partial charge in [0, 0.05) is 18.3 Å². The van der Waals surface area contributed by atoms with E-state index in [1.807, 2.05) is 24.3 Å². The maximum atomic E-state index is 12.5. The zero-order valence-corrected chi connectivity index (χ0v) is 10.7. The molecule has 0 aliphatic carbocycles. The topological polar surface area (TPSA) is 64.8 Å². The molecule has 1 fully saturated rings. The molecule has 1 aromatic rings. The van der Waals surface area contributed by atoms with E-state index in [0.717, 1.165) is 17.7 Å². The van der Waals surface area contributed by atoms with E-state index in [2.05, 4.69) is 0 Å². The second kappa shape index (κ2) is 5.28. The van der Waals surface area contributed by atoms with Crippen LogP contribution in [0.15, 0.2) is 24.3 Å². The third-order valence-electron chi connectivity index (χ3n) is 3.65. The van der Waals surface area contributed by atoms with Crippen molar-refractivity contribution in [2.45, 2.75) is 18.6 Å². The van der Waals surface area contributed by atoms with Gasteiger partial charge in [-0.25, -0.2) is 0 Å². The lowest BCUT2D eigenvalue weighted by Crippen LogP contribution is -2.48. The van der Waals surface area contributed by atoms with Gasteiger partial charge in [-0.2, -0.15) is 0 Å². The number of carbonyl (C=O) groups is 1. The van der Waals surface area contributed by atoms with Crippen LogP contribution in [0.25, 0.3) is 0 Å². The van der Waals surface area contributed by atoms with E-state index < -0.39 is 6.10 Å². The monoisotopic (exact) mass is 262 g/mol. The van der Waals surface area contributed by atoms with Crippen LogP contribution in [-0.4, -0.2) is 38.4 Å². The smallest absolute Gasteiger partial charge is 0.258 e. The highest BCUT2D eigenvalue weighted by Gasteiger charge is 2.32. The average molecular weight is 262 g/mol. The van der Waals surface area contributed by atoms with Crippen LogP contribution in [0.3, 0.4) is 0 Å². The van der Waals surface area contributed by atoms with Crippen LogP contribution < -0.4 is 10.6 Å².